The second kappa shape index (κ2) is 7.51. The number of nitrogens with one attached hydrogen (secondary N) is 2. The number of anilines is 2. The summed E-state index contributed by atoms with van der Waals surface area (Å²) in [5.41, 5.74) is 1.43. The Bertz CT molecular complexity index is 840. The van der Waals surface area contributed by atoms with Crippen molar-refractivity contribution in [3.63, 3.8) is 0 Å². The van der Waals surface area contributed by atoms with Crippen molar-refractivity contribution >= 4 is 28.2 Å². The number of amides is 2. The van der Waals surface area contributed by atoms with Crippen molar-refractivity contribution in [3.8, 4) is 5.75 Å². The molecule has 2 amide bonds. The summed E-state index contributed by atoms with van der Waals surface area (Å²) < 4.78 is 5.67. The molecule has 3 aromatic carbocycles. The lowest BCUT2D eigenvalue weighted by atomic mass is 10.1. The zero-order valence-corrected chi connectivity index (χ0v) is 13.6. The van der Waals surface area contributed by atoms with Gasteiger partial charge in [-0.15, -0.1) is 0 Å². The highest BCUT2D eigenvalue weighted by atomic mass is 16.5. The molecule has 0 aliphatic carbocycles. The van der Waals surface area contributed by atoms with Gasteiger partial charge in [-0.1, -0.05) is 55.5 Å². The van der Waals surface area contributed by atoms with E-state index in [1.165, 1.54) is 0 Å². The highest BCUT2D eigenvalue weighted by Crippen LogP contribution is 2.26. The minimum atomic E-state index is -0.293. The summed E-state index contributed by atoms with van der Waals surface area (Å²) in [7, 11) is 0. The smallest absolute Gasteiger partial charge is 0.323 e. The van der Waals surface area contributed by atoms with Crippen molar-refractivity contribution in [2.24, 2.45) is 0 Å². The second-order valence-corrected chi connectivity index (χ2v) is 5.45. The van der Waals surface area contributed by atoms with Crippen molar-refractivity contribution in [1.82, 2.24) is 0 Å². The summed E-state index contributed by atoms with van der Waals surface area (Å²) in [5.74, 6) is 0.674. The number of carbonyl (C=O) groups is 1. The van der Waals surface area contributed by atoms with Crippen molar-refractivity contribution in [2.45, 2.75) is 13.3 Å². The molecule has 4 nitrogen and oxygen atoms in total. The number of hydrogen-bond acceptors (Lipinski definition) is 2. The van der Waals surface area contributed by atoms with Gasteiger partial charge in [0, 0.05) is 5.39 Å². The van der Waals surface area contributed by atoms with Crippen LogP contribution in [-0.4, -0.2) is 12.6 Å². The van der Waals surface area contributed by atoms with Crippen LogP contribution in [0.2, 0.25) is 0 Å². The van der Waals surface area contributed by atoms with E-state index in [9.17, 15) is 4.79 Å². The van der Waals surface area contributed by atoms with E-state index in [0.717, 1.165) is 22.9 Å². The van der Waals surface area contributed by atoms with Crippen LogP contribution in [0.25, 0.3) is 10.8 Å². The van der Waals surface area contributed by atoms with Crippen LogP contribution in [0, 0.1) is 0 Å². The number of ether oxygens (including phenoxy) is 1. The van der Waals surface area contributed by atoms with Crippen LogP contribution in [0.4, 0.5) is 16.2 Å². The maximum atomic E-state index is 12.4. The lowest BCUT2D eigenvalue weighted by molar-refractivity contribution is 0.262. The molecule has 122 valence electrons. The molecule has 0 aliphatic heterocycles. The van der Waals surface area contributed by atoms with E-state index in [4.69, 9.17) is 4.74 Å². The fourth-order valence-electron chi connectivity index (χ4n) is 2.52. The van der Waals surface area contributed by atoms with E-state index in [1.807, 2.05) is 73.7 Å². The molecule has 3 aromatic rings. The van der Waals surface area contributed by atoms with Crippen molar-refractivity contribution in [3.05, 3.63) is 66.7 Å². The van der Waals surface area contributed by atoms with Gasteiger partial charge in [-0.2, -0.15) is 0 Å². The van der Waals surface area contributed by atoms with Crippen LogP contribution in [0.1, 0.15) is 13.3 Å². The summed E-state index contributed by atoms with van der Waals surface area (Å²) in [6.45, 7) is 2.66. The first-order valence-corrected chi connectivity index (χ1v) is 8.05. The van der Waals surface area contributed by atoms with Gasteiger partial charge in [-0.3, -0.25) is 0 Å². The monoisotopic (exact) mass is 320 g/mol. The van der Waals surface area contributed by atoms with Crippen LogP contribution in [-0.2, 0) is 0 Å². The fourth-order valence-corrected chi connectivity index (χ4v) is 2.52. The molecule has 0 atom stereocenters. The van der Waals surface area contributed by atoms with Crippen molar-refractivity contribution < 1.29 is 9.53 Å². The number of hydrogen-bond donors (Lipinski definition) is 2. The lowest BCUT2D eigenvalue weighted by Gasteiger charge is -2.13. The Labute approximate surface area is 141 Å². The quantitative estimate of drug-likeness (QED) is 0.672. The van der Waals surface area contributed by atoms with Gasteiger partial charge in [0.05, 0.1) is 18.0 Å². The molecule has 0 bridgehead atoms. The SMILES string of the molecule is CCCOc1ccccc1NC(=O)Nc1cccc2ccccc12. The topological polar surface area (TPSA) is 50.4 Å². The fraction of sp³-hybridized carbons (Fsp3) is 0.150. The lowest BCUT2D eigenvalue weighted by Crippen LogP contribution is -2.20. The summed E-state index contributed by atoms with van der Waals surface area (Å²) in [6.07, 6.45) is 0.913. The summed E-state index contributed by atoms with van der Waals surface area (Å²) in [5, 5.41) is 7.86. The summed E-state index contributed by atoms with van der Waals surface area (Å²) in [4.78, 5) is 12.4. The van der Waals surface area contributed by atoms with Crippen LogP contribution < -0.4 is 15.4 Å². The molecule has 24 heavy (non-hydrogen) atoms. The molecule has 4 heteroatoms. The molecule has 0 unspecified atom stereocenters. The Kier molecular flexibility index (Phi) is 4.96. The molecule has 0 aliphatic rings. The van der Waals surface area contributed by atoms with Gasteiger partial charge in [0.15, 0.2) is 0 Å². The Morgan fingerprint density at radius 1 is 0.875 bits per heavy atom. The summed E-state index contributed by atoms with van der Waals surface area (Å²) in [6, 6.07) is 20.9. The van der Waals surface area contributed by atoms with E-state index < -0.39 is 0 Å². The Hall–Kier alpha value is -3.01. The first kappa shape index (κ1) is 15.9. The van der Waals surface area contributed by atoms with E-state index in [1.54, 1.807) is 0 Å². The normalized spacial score (nSPS) is 10.4. The molecule has 0 fully saturated rings. The van der Waals surface area contributed by atoms with E-state index in [2.05, 4.69) is 10.6 Å². The molecule has 3 rings (SSSR count). The highest BCUT2D eigenvalue weighted by Gasteiger charge is 2.09. The number of para-hydroxylation sites is 2. The molecular weight excluding hydrogens is 300 g/mol. The van der Waals surface area contributed by atoms with Crippen molar-refractivity contribution in [1.29, 1.82) is 0 Å². The molecule has 0 aromatic heterocycles. The highest BCUT2D eigenvalue weighted by molar-refractivity contribution is 6.06. The second-order valence-electron chi connectivity index (χ2n) is 5.45. The third-order valence-electron chi connectivity index (χ3n) is 3.63. The van der Waals surface area contributed by atoms with Crippen LogP contribution in [0.15, 0.2) is 66.7 Å². The predicted molar refractivity (Wildman–Crippen MR) is 98.8 cm³/mol. The van der Waals surface area contributed by atoms with Gasteiger partial charge < -0.3 is 15.4 Å². The molecule has 0 radical (unpaired) electrons. The minimum absolute atomic E-state index is 0.293. The Balaban J connectivity index is 1.76. The van der Waals surface area contributed by atoms with Gasteiger partial charge in [0.2, 0.25) is 0 Å². The van der Waals surface area contributed by atoms with Gasteiger partial charge in [-0.05, 0) is 30.0 Å². The van der Waals surface area contributed by atoms with Gasteiger partial charge in [0.25, 0.3) is 0 Å². The number of rotatable bonds is 5. The van der Waals surface area contributed by atoms with E-state index >= 15 is 0 Å². The molecule has 0 heterocycles. The first-order chi connectivity index (χ1) is 11.8. The first-order valence-electron chi connectivity index (χ1n) is 8.05. The third-order valence-corrected chi connectivity index (χ3v) is 3.63. The number of fused-ring (bicyclic) bond motifs is 1. The molecule has 2 N–H and O–H groups in total. The number of benzene rings is 3. The zero-order valence-electron chi connectivity index (χ0n) is 13.6. The average Bonchev–Trinajstić information content (AvgIpc) is 2.61. The van der Waals surface area contributed by atoms with E-state index in [-0.39, 0.29) is 6.03 Å². The number of carbonyl (C=O) groups excluding carboxylic acids is 1. The average molecular weight is 320 g/mol. The maximum absolute atomic E-state index is 12.4. The Morgan fingerprint density at radius 3 is 2.42 bits per heavy atom. The number of urea groups is 1. The Morgan fingerprint density at radius 2 is 1.54 bits per heavy atom. The van der Waals surface area contributed by atoms with Crippen LogP contribution >= 0.6 is 0 Å². The minimum Gasteiger partial charge on any atom is -0.491 e. The standard InChI is InChI=1S/C20H20N2O2/c1-2-14-24-19-13-6-5-11-18(19)22-20(23)21-17-12-7-9-15-8-3-4-10-16(15)17/h3-13H,2,14H2,1H3,(H2,21,22,23). The zero-order chi connectivity index (χ0) is 16.8. The van der Waals surface area contributed by atoms with E-state index in [0.29, 0.717) is 18.0 Å². The maximum Gasteiger partial charge on any atom is 0.323 e. The third kappa shape index (κ3) is 3.66. The van der Waals surface area contributed by atoms with Gasteiger partial charge in [-0.25, -0.2) is 4.79 Å². The van der Waals surface area contributed by atoms with Crippen LogP contribution in [0.5, 0.6) is 5.75 Å². The molecule has 0 spiro atoms. The largest absolute Gasteiger partial charge is 0.491 e. The van der Waals surface area contributed by atoms with Gasteiger partial charge >= 0.3 is 6.03 Å². The van der Waals surface area contributed by atoms with Crippen molar-refractivity contribution in [2.75, 3.05) is 17.2 Å². The molecule has 0 saturated heterocycles. The van der Waals surface area contributed by atoms with Gasteiger partial charge in [0.1, 0.15) is 5.75 Å². The molecular formula is C20H20N2O2. The summed E-state index contributed by atoms with van der Waals surface area (Å²) >= 11 is 0. The molecule has 0 saturated carbocycles. The van der Waals surface area contributed by atoms with Crippen LogP contribution in [0.3, 0.4) is 0 Å². The predicted octanol–water partition coefficient (Wildman–Crippen LogP) is 5.27.